The lowest BCUT2D eigenvalue weighted by atomic mass is 9.98. The van der Waals surface area contributed by atoms with Crippen LogP contribution in [-0.2, 0) is 0 Å². The Labute approximate surface area is 106 Å². The van der Waals surface area contributed by atoms with Gasteiger partial charge in [0.2, 0.25) is 6.79 Å². The van der Waals surface area contributed by atoms with Crippen LogP contribution in [0.4, 0.5) is 0 Å². The molecule has 1 aliphatic rings. The van der Waals surface area contributed by atoms with Crippen molar-refractivity contribution in [2.75, 3.05) is 6.79 Å². The summed E-state index contributed by atoms with van der Waals surface area (Å²) in [5.41, 5.74) is 4.14. The fourth-order valence-corrected chi connectivity index (χ4v) is 2.03. The molecule has 0 amide bonds. The summed E-state index contributed by atoms with van der Waals surface area (Å²) in [5.74, 6) is 4.18. The average Bonchev–Trinajstić information content (AvgIpc) is 2.85. The highest BCUT2D eigenvalue weighted by molar-refractivity contribution is 5.75. The van der Waals surface area contributed by atoms with Crippen molar-refractivity contribution < 1.29 is 9.47 Å². The molecule has 2 nitrogen and oxygen atoms in total. The zero-order valence-corrected chi connectivity index (χ0v) is 10.1. The molecule has 1 heterocycles. The first-order valence-electron chi connectivity index (χ1n) is 5.75. The van der Waals surface area contributed by atoms with Gasteiger partial charge in [0.25, 0.3) is 0 Å². The van der Waals surface area contributed by atoms with Crippen LogP contribution in [0.1, 0.15) is 11.1 Å². The van der Waals surface area contributed by atoms with Crippen molar-refractivity contribution in [2.24, 2.45) is 0 Å². The third-order valence-corrected chi connectivity index (χ3v) is 3.03. The molecular formula is C16H12O2. The lowest BCUT2D eigenvalue weighted by Gasteiger charge is -2.07. The van der Waals surface area contributed by atoms with Gasteiger partial charge in [-0.15, -0.1) is 6.42 Å². The molecule has 0 radical (unpaired) electrons. The molecule has 1 aliphatic heterocycles. The molecule has 0 aromatic heterocycles. The summed E-state index contributed by atoms with van der Waals surface area (Å²) < 4.78 is 10.7. The maximum atomic E-state index is 5.57. The first-order valence-corrected chi connectivity index (χ1v) is 5.75. The molecule has 0 atom stereocenters. The van der Waals surface area contributed by atoms with Crippen LogP contribution in [0.3, 0.4) is 0 Å². The van der Waals surface area contributed by atoms with Crippen molar-refractivity contribution in [3.63, 3.8) is 0 Å². The van der Waals surface area contributed by atoms with Crippen molar-refractivity contribution in [2.45, 2.75) is 6.92 Å². The van der Waals surface area contributed by atoms with Crippen LogP contribution in [0.25, 0.3) is 11.1 Å². The Morgan fingerprint density at radius 3 is 2.39 bits per heavy atom. The standard InChI is InChI=1S/C16H12O2/c1-3-12-8-15-16(18-10-17-15)9-14(12)13-6-4-11(2)5-7-13/h1,4-9H,10H2,2H3. The van der Waals surface area contributed by atoms with Gasteiger partial charge in [0, 0.05) is 17.2 Å². The number of ether oxygens (including phenoxy) is 2. The van der Waals surface area contributed by atoms with E-state index in [9.17, 15) is 0 Å². The summed E-state index contributed by atoms with van der Waals surface area (Å²) in [6.45, 7) is 2.32. The van der Waals surface area contributed by atoms with Gasteiger partial charge in [-0.1, -0.05) is 35.7 Å². The summed E-state index contributed by atoms with van der Waals surface area (Å²) in [7, 11) is 0. The van der Waals surface area contributed by atoms with Crippen molar-refractivity contribution in [1.82, 2.24) is 0 Å². The molecule has 18 heavy (non-hydrogen) atoms. The van der Waals surface area contributed by atoms with Crippen LogP contribution in [0.5, 0.6) is 11.5 Å². The van der Waals surface area contributed by atoms with Crippen molar-refractivity contribution in [3.05, 3.63) is 47.5 Å². The number of fused-ring (bicyclic) bond motifs is 1. The predicted octanol–water partition coefficient (Wildman–Crippen LogP) is 3.37. The molecule has 0 fully saturated rings. The van der Waals surface area contributed by atoms with Crippen LogP contribution >= 0.6 is 0 Å². The van der Waals surface area contributed by atoms with Crippen LogP contribution in [0.2, 0.25) is 0 Å². The molecule has 0 saturated carbocycles. The minimum Gasteiger partial charge on any atom is -0.454 e. The quantitative estimate of drug-likeness (QED) is 0.707. The van der Waals surface area contributed by atoms with Gasteiger partial charge in [0.05, 0.1) is 0 Å². The molecule has 3 rings (SSSR count). The van der Waals surface area contributed by atoms with Crippen LogP contribution in [0.15, 0.2) is 36.4 Å². The van der Waals surface area contributed by atoms with Gasteiger partial charge in [-0.05, 0) is 18.6 Å². The number of terminal acetylenes is 1. The Kier molecular flexibility index (Phi) is 2.46. The largest absolute Gasteiger partial charge is 0.454 e. The highest BCUT2D eigenvalue weighted by atomic mass is 16.7. The minimum atomic E-state index is 0.261. The number of hydrogen-bond acceptors (Lipinski definition) is 2. The smallest absolute Gasteiger partial charge is 0.231 e. The molecule has 2 aromatic carbocycles. The maximum absolute atomic E-state index is 5.57. The van der Waals surface area contributed by atoms with E-state index in [2.05, 4.69) is 37.1 Å². The fraction of sp³-hybridized carbons (Fsp3) is 0.125. The van der Waals surface area contributed by atoms with E-state index in [1.165, 1.54) is 5.56 Å². The fourth-order valence-electron chi connectivity index (χ4n) is 2.03. The second-order valence-corrected chi connectivity index (χ2v) is 4.26. The van der Waals surface area contributed by atoms with Gasteiger partial charge >= 0.3 is 0 Å². The van der Waals surface area contributed by atoms with E-state index in [4.69, 9.17) is 15.9 Å². The van der Waals surface area contributed by atoms with Gasteiger partial charge in [-0.25, -0.2) is 0 Å². The maximum Gasteiger partial charge on any atom is 0.231 e. The zero-order chi connectivity index (χ0) is 12.5. The van der Waals surface area contributed by atoms with E-state index < -0.39 is 0 Å². The van der Waals surface area contributed by atoms with Gasteiger partial charge in [-0.2, -0.15) is 0 Å². The molecule has 0 aliphatic carbocycles. The Bertz CT molecular complexity index is 633. The first-order chi connectivity index (χ1) is 8.78. The number of hydrogen-bond donors (Lipinski definition) is 0. The normalized spacial score (nSPS) is 12.2. The summed E-state index contributed by atoms with van der Waals surface area (Å²) in [6.07, 6.45) is 5.57. The highest BCUT2D eigenvalue weighted by Gasteiger charge is 2.17. The molecule has 0 spiro atoms. The third-order valence-electron chi connectivity index (χ3n) is 3.03. The van der Waals surface area contributed by atoms with E-state index in [1.54, 1.807) is 0 Å². The molecule has 0 N–H and O–H groups in total. The highest BCUT2D eigenvalue weighted by Crippen LogP contribution is 2.38. The zero-order valence-electron chi connectivity index (χ0n) is 10.1. The third kappa shape index (κ3) is 1.70. The summed E-state index contributed by atoms with van der Waals surface area (Å²) in [4.78, 5) is 0. The van der Waals surface area contributed by atoms with Gasteiger partial charge in [-0.3, -0.25) is 0 Å². The summed E-state index contributed by atoms with van der Waals surface area (Å²) in [6, 6.07) is 12.1. The topological polar surface area (TPSA) is 18.5 Å². The molecule has 2 heteroatoms. The predicted molar refractivity (Wildman–Crippen MR) is 70.7 cm³/mol. The molecule has 88 valence electrons. The Hall–Kier alpha value is -2.40. The number of aryl methyl sites for hydroxylation is 1. The van der Waals surface area contributed by atoms with E-state index >= 15 is 0 Å². The minimum absolute atomic E-state index is 0.261. The molecule has 0 bridgehead atoms. The number of rotatable bonds is 1. The lowest BCUT2D eigenvalue weighted by molar-refractivity contribution is 0.174. The monoisotopic (exact) mass is 236 g/mol. The molecule has 2 aromatic rings. The summed E-state index contributed by atoms with van der Waals surface area (Å²) >= 11 is 0. The Balaban J connectivity index is 2.17. The van der Waals surface area contributed by atoms with Crippen molar-refractivity contribution in [1.29, 1.82) is 0 Å². The van der Waals surface area contributed by atoms with Gasteiger partial charge in [0.1, 0.15) is 0 Å². The van der Waals surface area contributed by atoms with E-state index in [0.717, 1.165) is 28.2 Å². The molecule has 0 unspecified atom stereocenters. The molecular weight excluding hydrogens is 224 g/mol. The van der Waals surface area contributed by atoms with Gasteiger partial charge < -0.3 is 9.47 Å². The van der Waals surface area contributed by atoms with Gasteiger partial charge in [0.15, 0.2) is 11.5 Å². The average molecular weight is 236 g/mol. The second kappa shape index (κ2) is 4.12. The van der Waals surface area contributed by atoms with Crippen LogP contribution < -0.4 is 9.47 Å². The molecule has 0 saturated heterocycles. The number of benzene rings is 2. The SMILES string of the molecule is C#Cc1cc2c(cc1-c1ccc(C)cc1)OCO2. The van der Waals surface area contributed by atoms with Crippen LogP contribution in [-0.4, -0.2) is 6.79 Å². The second-order valence-electron chi connectivity index (χ2n) is 4.26. The Morgan fingerprint density at radius 2 is 1.72 bits per heavy atom. The summed E-state index contributed by atoms with van der Waals surface area (Å²) in [5, 5.41) is 0. The van der Waals surface area contributed by atoms with E-state index in [1.807, 2.05) is 12.1 Å². The Morgan fingerprint density at radius 1 is 1.06 bits per heavy atom. The van der Waals surface area contributed by atoms with E-state index in [0.29, 0.717) is 0 Å². The van der Waals surface area contributed by atoms with E-state index in [-0.39, 0.29) is 6.79 Å². The van der Waals surface area contributed by atoms with Crippen molar-refractivity contribution in [3.8, 4) is 35.0 Å². The van der Waals surface area contributed by atoms with Crippen molar-refractivity contribution >= 4 is 0 Å². The van der Waals surface area contributed by atoms with Crippen LogP contribution in [0, 0.1) is 19.3 Å². The lowest BCUT2D eigenvalue weighted by Crippen LogP contribution is -1.92. The first kappa shape index (κ1) is 10.7.